The van der Waals surface area contributed by atoms with Gasteiger partial charge in [-0.1, -0.05) is 37.8 Å². The molecule has 2 aromatic heterocycles. The summed E-state index contributed by atoms with van der Waals surface area (Å²) >= 11 is 3.29. The first-order valence-electron chi connectivity index (χ1n) is 12.6. The largest absolute Gasteiger partial charge is 0.507 e. The van der Waals surface area contributed by atoms with E-state index in [0.717, 1.165) is 10.7 Å². The van der Waals surface area contributed by atoms with E-state index in [2.05, 4.69) is 45.8 Å². The Balaban J connectivity index is 1.81. The van der Waals surface area contributed by atoms with Gasteiger partial charge in [-0.2, -0.15) is 14.9 Å². The van der Waals surface area contributed by atoms with Crippen LogP contribution in [0.15, 0.2) is 51.7 Å². The third kappa shape index (κ3) is 7.00. The lowest BCUT2D eigenvalue weighted by Crippen LogP contribution is -2.23. The first-order chi connectivity index (χ1) is 18.6. The zero-order chi connectivity index (χ0) is 28.2. The van der Waals surface area contributed by atoms with Crippen LogP contribution in [0.2, 0.25) is 25.7 Å². The van der Waals surface area contributed by atoms with Crippen molar-refractivity contribution in [3.63, 3.8) is 0 Å². The molecule has 0 atom stereocenters. The highest BCUT2D eigenvalue weighted by Crippen LogP contribution is 2.32. The molecule has 0 aliphatic rings. The highest BCUT2D eigenvalue weighted by molar-refractivity contribution is 9.10. The van der Waals surface area contributed by atoms with Gasteiger partial charge in [0.05, 0.1) is 16.6 Å². The number of aliphatic hydroxyl groups excluding tert-OH is 1. The molecular weight excluding hydrogens is 587 g/mol. The maximum Gasteiger partial charge on any atom is 0.273 e. The summed E-state index contributed by atoms with van der Waals surface area (Å²) in [7, 11) is -1.30. The van der Waals surface area contributed by atoms with E-state index < -0.39 is 19.5 Å². The van der Waals surface area contributed by atoms with E-state index in [9.17, 15) is 9.90 Å². The summed E-state index contributed by atoms with van der Waals surface area (Å²) < 4.78 is 29.7. The van der Waals surface area contributed by atoms with Gasteiger partial charge < -0.3 is 19.7 Å². The van der Waals surface area contributed by atoms with Crippen LogP contribution in [0.4, 0.5) is 4.39 Å². The quantitative estimate of drug-likeness (QED) is 0.168. The van der Waals surface area contributed by atoms with Crippen LogP contribution < -0.4 is 5.56 Å². The fourth-order valence-corrected chi connectivity index (χ4v) is 4.94. The van der Waals surface area contributed by atoms with Gasteiger partial charge in [0.1, 0.15) is 35.2 Å². The van der Waals surface area contributed by atoms with Crippen LogP contribution in [0.1, 0.15) is 12.0 Å². The van der Waals surface area contributed by atoms with Gasteiger partial charge in [0.15, 0.2) is 0 Å². The number of fused-ring (bicyclic) bond motifs is 1. The topological polar surface area (TPSA) is 112 Å². The molecule has 0 unspecified atom stereocenters. The molecule has 0 saturated carbocycles. The summed E-state index contributed by atoms with van der Waals surface area (Å²) in [6.45, 7) is 7.76. The normalized spacial score (nSPS) is 11.9. The monoisotopic (exact) mass is 618 g/mol. The van der Waals surface area contributed by atoms with E-state index in [-0.39, 0.29) is 38.0 Å². The molecule has 0 saturated heterocycles. The molecule has 39 heavy (non-hydrogen) atoms. The third-order valence-corrected chi connectivity index (χ3v) is 8.43. The van der Waals surface area contributed by atoms with Crippen LogP contribution in [0, 0.1) is 5.82 Å². The van der Waals surface area contributed by atoms with Gasteiger partial charge in [0.25, 0.3) is 5.56 Å². The highest BCUT2D eigenvalue weighted by Gasteiger charge is 2.21. The van der Waals surface area contributed by atoms with E-state index in [1.165, 1.54) is 12.1 Å². The number of benzene rings is 2. The van der Waals surface area contributed by atoms with Crippen LogP contribution in [-0.4, -0.2) is 57.7 Å². The van der Waals surface area contributed by atoms with Crippen LogP contribution >= 0.6 is 15.9 Å². The summed E-state index contributed by atoms with van der Waals surface area (Å²) in [5.74, 6) is -0.608. The van der Waals surface area contributed by atoms with Crippen molar-refractivity contribution >= 4 is 35.0 Å². The second-order valence-corrected chi connectivity index (χ2v) is 16.8. The number of nitrogens with zero attached hydrogens (tertiary/aromatic N) is 4. The van der Waals surface area contributed by atoms with Gasteiger partial charge in [-0.15, -0.1) is 0 Å². The van der Waals surface area contributed by atoms with Gasteiger partial charge >= 0.3 is 0 Å². The second-order valence-electron chi connectivity index (χ2n) is 10.4. The third-order valence-electron chi connectivity index (χ3n) is 6.05. The summed E-state index contributed by atoms with van der Waals surface area (Å²) in [6, 6.07) is 11.8. The van der Waals surface area contributed by atoms with Crippen LogP contribution in [-0.2, 0) is 22.8 Å². The maximum absolute atomic E-state index is 15.1. The molecule has 0 spiro atoms. The molecule has 208 valence electrons. The number of aliphatic hydroxyl groups is 1. The smallest absolute Gasteiger partial charge is 0.273 e. The number of rotatable bonds is 12. The Morgan fingerprint density at radius 1 is 1.08 bits per heavy atom. The first-order valence-corrected chi connectivity index (χ1v) is 17.1. The molecule has 2 N–H and O–H groups in total. The number of phenols is 1. The Hall–Kier alpha value is -2.90. The molecule has 12 heteroatoms. The molecule has 0 fully saturated rings. The minimum atomic E-state index is -1.30. The molecule has 0 aliphatic heterocycles. The van der Waals surface area contributed by atoms with Crippen molar-refractivity contribution in [3.05, 3.63) is 68.7 Å². The van der Waals surface area contributed by atoms with Gasteiger partial charge in [0, 0.05) is 45.1 Å². The number of aromatic nitrogens is 4. The average molecular weight is 620 g/mol. The minimum absolute atomic E-state index is 0.0165. The van der Waals surface area contributed by atoms with Crippen molar-refractivity contribution in [1.82, 2.24) is 19.6 Å². The number of para-hydroxylation sites is 1. The molecule has 4 aromatic rings. The highest BCUT2D eigenvalue weighted by atomic mass is 79.9. The van der Waals surface area contributed by atoms with E-state index >= 15 is 4.39 Å². The summed E-state index contributed by atoms with van der Waals surface area (Å²) in [5.41, 5.74) is 1.63. The van der Waals surface area contributed by atoms with Gasteiger partial charge in [0.2, 0.25) is 0 Å². The number of phenolic OH excluding ortho intramolecular Hbond substituents is 1. The molecule has 0 bridgehead atoms. The van der Waals surface area contributed by atoms with E-state index in [4.69, 9.17) is 14.6 Å². The van der Waals surface area contributed by atoms with Crippen LogP contribution in [0.5, 0.6) is 5.75 Å². The lowest BCUT2D eigenvalue weighted by Gasteiger charge is -2.15. The van der Waals surface area contributed by atoms with Crippen molar-refractivity contribution in [3.8, 4) is 22.7 Å². The molecule has 9 nitrogen and oxygen atoms in total. The molecule has 4 rings (SSSR count). The van der Waals surface area contributed by atoms with Gasteiger partial charge in [-0.25, -0.2) is 9.07 Å². The first kappa shape index (κ1) is 29.1. The zero-order valence-electron chi connectivity index (χ0n) is 22.2. The van der Waals surface area contributed by atoms with Crippen molar-refractivity contribution in [2.45, 2.75) is 45.4 Å². The number of halogens is 2. The lowest BCUT2D eigenvalue weighted by atomic mass is 10.1. The Morgan fingerprint density at radius 3 is 2.59 bits per heavy atom. The fourth-order valence-electron chi connectivity index (χ4n) is 3.94. The van der Waals surface area contributed by atoms with Crippen molar-refractivity contribution in [1.29, 1.82) is 0 Å². The molecule has 0 radical (unpaired) electrons. The van der Waals surface area contributed by atoms with Crippen LogP contribution in [0.25, 0.3) is 28.0 Å². The Morgan fingerprint density at radius 2 is 1.87 bits per heavy atom. The Bertz CT molecular complexity index is 1520. The standard InChI is InChI=1S/C27H32BrFN4O5Si/c1-39(2,3)13-12-38-17-32-22-15-24(36)33(27-19(6-4-7-21(27)29)16-37-11-5-10-34)31-26(22)25(30-32)18-8-9-20(28)23(35)14-18/h4,6-9,14-15,34-35H,5,10-13,16-17H2,1-3H3. The zero-order valence-corrected chi connectivity index (χ0v) is 24.7. The summed E-state index contributed by atoms with van der Waals surface area (Å²) in [5, 5.41) is 28.6. The number of hydrogen-bond acceptors (Lipinski definition) is 7. The van der Waals surface area contributed by atoms with E-state index in [1.54, 1.807) is 35.0 Å². The summed E-state index contributed by atoms with van der Waals surface area (Å²) in [6.07, 6.45) is 0.442. The molecular formula is C27H32BrFN4O5Si. The number of aromatic hydroxyl groups is 1. The number of ether oxygens (including phenoxy) is 2. The summed E-state index contributed by atoms with van der Waals surface area (Å²) in [4.78, 5) is 13.3. The van der Waals surface area contributed by atoms with Crippen LogP contribution in [0.3, 0.4) is 0 Å². The maximum atomic E-state index is 15.1. The lowest BCUT2D eigenvalue weighted by molar-refractivity contribution is 0.0818. The van der Waals surface area contributed by atoms with Crippen molar-refractivity contribution in [2.24, 2.45) is 0 Å². The van der Waals surface area contributed by atoms with Crippen molar-refractivity contribution in [2.75, 3.05) is 19.8 Å². The fraction of sp³-hybridized carbons (Fsp3) is 0.370. The average Bonchev–Trinajstić information content (AvgIpc) is 3.22. The molecule has 2 heterocycles. The van der Waals surface area contributed by atoms with Gasteiger partial charge in [-0.3, -0.25) is 4.79 Å². The van der Waals surface area contributed by atoms with E-state index in [1.807, 2.05) is 0 Å². The molecule has 0 amide bonds. The predicted molar refractivity (Wildman–Crippen MR) is 153 cm³/mol. The number of hydrogen-bond donors (Lipinski definition) is 2. The Kier molecular flexibility index (Phi) is 9.34. The van der Waals surface area contributed by atoms with Crippen molar-refractivity contribution < 1.29 is 24.1 Å². The van der Waals surface area contributed by atoms with Gasteiger partial charge in [-0.05, 0) is 46.6 Å². The second kappa shape index (κ2) is 12.5. The molecule has 0 aliphatic carbocycles. The predicted octanol–water partition coefficient (Wildman–Crippen LogP) is 5.07. The molecule has 2 aromatic carbocycles. The minimum Gasteiger partial charge on any atom is -0.507 e. The SMILES string of the molecule is C[Si](C)(C)CCOCn1nc(-c2ccc(Br)c(O)c2)c2nn(-c3c(F)cccc3COCCCO)c(=O)cc21. The Labute approximate surface area is 234 Å². The van der Waals surface area contributed by atoms with E-state index in [0.29, 0.717) is 45.4 Å².